The van der Waals surface area contributed by atoms with Gasteiger partial charge in [-0.15, -0.1) is 0 Å². The van der Waals surface area contributed by atoms with Crippen LogP contribution >= 0.6 is 28.1 Å². The summed E-state index contributed by atoms with van der Waals surface area (Å²) in [5, 5.41) is 0. The van der Waals surface area contributed by atoms with E-state index in [0.717, 1.165) is 21.3 Å². The highest BCUT2D eigenvalue weighted by molar-refractivity contribution is 9.10. The van der Waals surface area contributed by atoms with Crippen molar-refractivity contribution >= 4 is 39.2 Å². The quantitative estimate of drug-likeness (QED) is 0.605. The maximum absolute atomic E-state index is 5.37. The Morgan fingerprint density at radius 1 is 1.29 bits per heavy atom. The zero-order valence-electron chi connectivity index (χ0n) is 10.0. The summed E-state index contributed by atoms with van der Waals surface area (Å²) < 4.78 is 4.13. The molecule has 1 aromatic heterocycles. The van der Waals surface area contributed by atoms with Gasteiger partial charge in [-0.3, -0.25) is 0 Å². The van der Waals surface area contributed by atoms with E-state index in [1.165, 1.54) is 31.2 Å². The van der Waals surface area contributed by atoms with Crippen LogP contribution in [0.5, 0.6) is 0 Å². The second kappa shape index (κ2) is 5.83. The Balaban J connectivity index is 2.23. The molecule has 92 valence electrons. The second-order valence-electron chi connectivity index (χ2n) is 4.30. The second-order valence-corrected chi connectivity index (χ2v) is 5.61. The third kappa shape index (κ3) is 2.99. The Bertz CT molecular complexity index is 556. The van der Waals surface area contributed by atoms with Gasteiger partial charge in [-0.2, -0.15) is 0 Å². The van der Waals surface area contributed by atoms with Crippen LogP contribution in [0.1, 0.15) is 32.6 Å². The summed E-state index contributed by atoms with van der Waals surface area (Å²) in [6.45, 7) is 3.24. The van der Waals surface area contributed by atoms with E-state index < -0.39 is 0 Å². The van der Waals surface area contributed by atoms with Crippen LogP contribution in [0.25, 0.3) is 11.0 Å². The zero-order chi connectivity index (χ0) is 12.3. The topological polar surface area (TPSA) is 20.7 Å². The van der Waals surface area contributed by atoms with Crippen molar-refractivity contribution in [2.24, 2.45) is 0 Å². The van der Waals surface area contributed by atoms with Gasteiger partial charge in [0.05, 0.1) is 11.0 Å². The summed E-state index contributed by atoms with van der Waals surface area (Å²) in [5.74, 6) is 0. The van der Waals surface area contributed by atoms with Crippen molar-refractivity contribution in [2.45, 2.75) is 39.2 Å². The van der Waals surface area contributed by atoms with Crippen molar-refractivity contribution in [3.63, 3.8) is 0 Å². The largest absolute Gasteiger partial charge is 0.331 e. The molecule has 1 heterocycles. The Labute approximate surface area is 115 Å². The van der Waals surface area contributed by atoms with Gasteiger partial charge in [0.1, 0.15) is 0 Å². The van der Waals surface area contributed by atoms with E-state index >= 15 is 0 Å². The van der Waals surface area contributed by atoms with Crippen LogP contribution in [-0.2, 0) is 6.54 Å². The van der Waals surface area contributed by atoms with Crippen molar-refractivity contribution in [2.75, 3.05) is 0 Å². The fourth-order valence-corrected chi connectivity index (χ4v) is 2.69. The molecule has 0 saturated heterocycles. The van der Waals surface area contributed by atoms with Crippen molar-refractivity contribution in [3.05, 3.63) is 27.4 Å². The number of benzene rings is 1. The van der Waals surface area contributed by atoms with Crippen LogP contribution in [0.2, 0.25) is 0 Å². The van der Waals surface area contributed by atoms with Crippen molar-refractivity contribution in [1.29, 1.82) is 0 Å². The predicted octanol–water partition coefficient (Wildman–Crippen LogP) is 5.04. The Hall–Kier alpha value is -0.610. The van der Waals surface area contributed by atoms with Crippen LogP contribution in [-0.4, -0.2) is 9.55 Å². The number of aromatic amines is 1. The first kappa shape index (κ1) is 12.8. The van der Waals surface area contributed by atoms with Crippen LogP contribution in [0, 0.1) is 4.77 Å². The molecule has 0 aliphatic carbocycles. The molecule has 4 heteroatoms. The van der Waals surface area contributed by atoms with E-state index in [2.05, 4.69) is 44.5 Å². The van der Waals surface area contributed by atoms with E-state index in [4.69, 9.17) is 12.2 Å². The van der Waals surface area contributed by atoms with Gasteiger partial charge >= 0.3 is 0 Å². The highest BCUT2D eigenvalue weighted by Gasteiger charge is 2.04. The van der Waals surface area contributed by atoms with Crippen molar-refractivity contribution in [3.8, 4) is 0 Å². The molecule has 0 radical (unpaired) electrons. The summed E-state index contributed by atoms with van der Waals surface area (Å²) in [5.41, 5.74) is 2.31. The molecule has 0 saturated carbocycles. The number of aryl methyl sites for hydroxylation is 1. The average molecular weight is 313 g/mol. The number of hydrogen-bond acceptors (Lipinski definition) is 1. The monoisotopic (exact) mass is 312 g/mol. The predicted molar refractivity (Wildman–Crippen MR) is 79.0 cm³/mol. The molecule has 17 heavy (non-hydrogen) atoms. The fourth-order valence-electron chi connectivity index (χ4n) is 2.04. The fraction of sp³-hybridized carbons (Fsp3) is 0.462. The van der Waals surface area contributed by atoms with Gasteiger partial charge in [0.25, 0.3) is 0 Å². The molecule has 0 atom stereocenters. The number of rotatable bonds is 5. The maximum Gasteiger partial charge on any atom is 0.178 e. The smallest absolute Gasteiger partial charge is 0.178 e. The van der Waals surface area contributed by atoms with Crippen LogP contribution < -0.4 is 0 Å². The van der Waals surface area contributed by atoms with Crippen LogP contribution in [0.3, 0.4) is 0 Å². The van der Waals surface area contributed by atoms with E-state index in [-0.39, 0.29) is 0 Å². The Morgan fingerprint density at radius 3 is 2.88 bits per heavy atom. The molecular formula is C13H17BrN2S. The van der Waals surface area contributed by atoms with E-state index in [1.807, 2.05) is 6.07 Å². The van der Waals surface area contributed by atoms with Crippen LogP contribution in [0.15, 0.2) is 22.7 Å². The molecule has 0 spiro atoms. The van der Waals surface area contributed by atoms with E-state index in [0.29, 0.717) is 0 Å². The minimum Gasteiger partial charge on any atom is -0.331 e. The van der Waals surface area contributed by atoms with E-state index in [9.17, 15) is 0 Å². The maximum atomic E-state index is 5.37. The normalized spacial score (nSPS) is 11.2. The lowest BCUT2D eigenvalue weighted by Crippen LogP contribution is -1.97. The molecule has 1 N–H and O–H groups in total. The van der Waals surface area contributed by atoms with Gasteiger partial charge in [-0.05, 0) is 36.8 Å². The first-order chi connectivity index (χ1) is 8.22. The molecule has 0 fully saturated rings. The Morgan fingerprint density at radius 2 is 2.12 bits per heavy atom. The number of nitrogens with one attached hydrogen (secondary N) is 1. The average Bonchev–Trinajstić information content (AvgIpc) is 2.61. The van der Waals surface area contributed by atoms with Crippen molar-refractivity contribution in [1.82, 2.24) is 9.55 Å². The molecule has 1 aromatic carbocycles. The molecule has 2 aromatic rings. The number of fused-ring (bicyclic) bond motifs is 1. The third-order valence-corrected chi connectivity index (χ3v) is 3.79. The minimum atomic E-state index is 0.828. The molecule has 2 rings (SSSR count). The van der Waals surface area contributed by atoms with E-state index in [1.54, 1.807) is 0 Å². The summed E-state index contributed by atoms with van der Waals surface area (Å²) in [6, 6.07) is 6.23. The number of halogens is 1. The summed E-state index contributed by atoms with van der Waals surface area (Å²) in [6.07, 6.45) is 5.05. The van der Waals surface area contributed by atoms with Gasteiger partial charge in [0, 0.05) is 11.0 Å². The van der Waals surface area contributed by atoms with Crippen LogP contribution in [0.4, 0.5) is 0 Å². The minimum absolute atomic E-state index is 0.828. The number of H-pyrrole nitrogens is 1. The summed E-state index contributed by atoms with van der Waals surface area (Å²) in [4.78, 5) is 3.25. The number of imidazole rings is 1. The first-order valence-electron chi connectivity index (χ1n) is 6.10. The Kier molecular flexibility index (Phi) is 4.40. The molecule has 0 unspecified atom stereocenters. The van der Waals surface area contributed by atoms with Crippen molar-refractivity contribution < 1.29 is 0 Å². The molecule has 0 bridgehead atoms. The van der Waals surface area contributed by atoms with Gasteiger partial charge < -0.3 is 9.55 Å². The first-order valence-corrected chi connectivity index (χ1v) is 7.30. The lowest BCUT2D eigenvalue weighted by atomic mass is 10.2. The lowest BCUT2D eigenvalue weighted by Gasteiger charge is -2.04. The van der Waals surface area contributed by atoms with Gasteiger partial charge in [0.2, 0.25) is 0 Å². The molecule has 2 nitrogen and oxygen atoms in total. The molecule has 0 aliphatic rings. The molecule has 0 amide bonds. The van der Waals surface area contributed by atoms with Gasteiger partial charge in [-0.25, -0.2) is 0 Å². The molecular weight excluding hydrogens is 296 g/mol. The standard InChI is InChI=1S/C13H17BrN2S/c1-2-3-4-5-8-16-12-9-10(14)6-7-11(12)15-13(16)17/h6-7,9H,2-5,8H2,1H3,(H,15,17). The lowest BCUT2D eigenvalue weighted by molar-refractivity contribution is 0.587. The number of unbranched alkanes of at least 4 members (excludes halogenated alkanes) is 3. The van der Waals surface area contributed by atoms with Gasteiger partial charge in [0.15, 0.2) is 4.77 Å². The number of nitrogens with zero attached hydrogens (tertiary/aromatic N) is 1. The summed E-state index contributed by atoms with van der Waals surface area (Å²) >= 11 is 8.87. The van der Waals surface area contributed by atoms with Gasteiger partial charge in [-0.1, -0.05) is 42.1 Å². The highest BCUT2D eigenvalue weighted by atomic mass is 79.9. The number of hydrogen-bond donors (Lipinski definition) is 1. The highest BCUT2D eigenvalue weighted by Crippen LogP contribution is 2.20. The SMILES string of the molecule is CCCCCCn1c(=S)[nH]c2ccc(Br)cc21. The summed E-state index contributed by atoms with van der Waals surface area (Å²) in [7, 11) is 0. The third-order valence-electron chi connectivity index (χ3n) is 2.97. The molecule has 0 aliphatic heterocycles. The number of aromatic nitrogens is 2. The zero-order valence-corrected chi connectivity index (χ0v) is 12.4.